The van der Waals surface area contributed by atoms with Crippen molar-refractivity contribution in [1.29, 1.82) is 0 Å². The number of carbonyl (C=O) groups is 2. The Morgan fingerprint density at radius 3 is 2.24 bits per heavy atom. The van der Waals surface area contributed by atoms with Crippen molar-refractivity contribution < 1.29 is 14.7 Å². The van der Waals surface area contributed by atoms with Crippen LogP contribution in [0, 0.1) is 23.2 Å². The molecule has 4 atom stereocenters. The topological polar surface area (TPSA) is 66.4 Å². The summed E-state index contributed by atoms with van der Waals surface area (Å²) in [7, 11) is 0. The van der Waals surface area contributed by atoms with Gasteiger partial charge in [-0.15, -0.1) is 0 Å². The minimum atomic E-state index is -0.942. The van der Waals surface area contributed by atoms with Crippen molar-refractivity contribution in [3.8, 4) is 0 Å². The van der Waals surface area contributed by atoms with Gasteiger partial charge < -0.3 is 10.4 Å². The first kappa shape index (κ1) is 16.3. The van der Waals surface area contributed by atoms with Gasteiger partial charge in [-0.05, 0) is 36.5 Å². The molecule has 2 aliphatic rings. The Labute approximate surface area is 127 Å². The van der Waals surface area contributed by atoms with Crippen LogP contribution >= 0.6 is 0 Å². The van der Waals surface area contributed by atoms with Crippen molar-refractivity contribution in [2.45, 2.75) is 71.8 Å². The molecule has 4 heteroatoms. The van der Waals surface area contributed by atoms with Gasteiger partial charge in [-0.3, -0.25) is 4.79 Å². The summed E-state index contributed by atoms with van der Waals surface area (Å²) in [4.78, 5) is 23.8. The lowest BCUT2D eigenvalue weighted by atomic mass is 9.67. The molecule has 2 saturated carbocycles. The van der Waals surface area contributed by atoms with Crippen molar-refractivity contribution in [3.05, 3.63) is 0 Å². The first-order valence-corrected chi connectivity index (χ1v) is 8.32. The third kappa shape index (κ3) is 3.98. The van der Waals surface area contributed by atoms with E-state index in [1.807, 2.05) is 20.8 Å². The maximum absolute atomic E-state index is 12.5. The molecule has 0 saturated heterocycles. The van der Waals surface area contributed by atoms with Crippen LogP contribution in [0.4, 0.5) is 0 Å². The van der Waals surface area contributed by atoms with Crippen LogP contribution in [0.5, 0.6) is 0 Å². The number of nitrogens with one attached hydrogen (secondary N) is 1. The van der Waals surface area contributed by atoms with Gasteiger partial charge in [-0.1, -0.05) is 46.5 Å². The van der Waals surface area contributed by atoms with Crippen LogP contribution in [0.25, 0.3) is 0 Å². The molecule has 0 heterocycles. The summed E-state index contributed by atoms with van der Waals surface area (Å²) < 4.78 is 0. The molecule has 0 spiro atoms. The Hall–Kier alpha value is -1.06. The minimum Gasteiger partial charge on any atom is -0.480 e. The molecule has 0 radical (unpaired) electrons. The molecular weight excluding hydrogens is 266 g/mol. The van der Waals surface area contributed by atoms with E-state index in [-0.39, 0.29) is 11.8 Å². The first-order chi connectivity index (χ1) is 9.79. The predicted molar refractivity (Wildman–Crippen MR) is 81.8 cm³/mol. The zero-order chi connectivity index (χ0) is 15.6. The number of rotatable bonds is 3. The Morgan fingerprint density at radius 2 is 1.67 bits per heavy atom. The zero-order valence-corrected chi connectivity index (χ0v) is 13.5. The number of fused-ring (bicyclic) bond motifs is 1. The molecule has 3 unspecified atom stereocenters. The number of amides is 1. The van der Waals surface area contributed by atoms with Gasteiger partial charge >= 0.3 is 5.97 Å². The average molecular weight is 295 g/mol. The van der Waals surface area contributed by atoms with Gasteiger partial charge in [0.05, 0.1) is 0 Å². The number of hydrogen-bond donors (Lipinski definition) is 2. The molecule has 0 bridgehead atoms. The SMILES string of the molecule is CC(C)(C)[C@@H](NC(=O)C1CCC2CCCCC2C1)C(=O)O. The van der Waals surface area contributed by atoms with Crippen LogP contribution in [0.2, 0.25) is 0 Å². The number of carboxylic acid groups (broad SMARTS) is 1. The normalized spacial score (nSPS) is 31.1. The summed E-state index contributed by atoms with van der Waals surface area (Å²) in [6.07, 6.45) is 8.19. The molecule has 1 amide bonds. The third-order valence-corrected chi connectivity index (χ3v) is 5.31. The average Bonchev–Trinajstić information content (AvgIpc) is 2.42. The summed E-state index contributed by atoms with van der Waals surface area (Å²) in [5.74, 6) is 0.499. The molecule has 2 aliphatic carbocycles. The lowest BCUT2D eigenvalue weighted by molar-refractivity contribution is -0.146. The molecule has 0 aromatic rings. The molecule has 2 N–H and O–H groups in total. The Bertz CT molecular complexity index is 399. The Morgan fingerprint density at radius 1 is 1.05 bits per heavy atom. The van der Waals surface area contributed by atoms with E-state index in [9.17, 15) is 14.7 Å². The monoisotopic (exact) mass is 295 g/mol. The van der Waals surface area contributed by atoms with Gasteiger partial charge in [0, 0.05) is 5.92 Å². The highest BCUT2D eigenvalue weighted by atomic mass is 16.4. The number of hydrogen-bond acceptors (Lipinski definition) is 2. The molecule has 0 aliphatic heterocycles. The van der Waals surface area contributed by atoms with Crippen molar-refractivity contribution in [1.82, 2.24) is 5.32 Å². The van der Waals surface area contributed by atoms with E-state index in [4.69, 9.17) is 0 Å². The second-order valence-corrected chi connectivity index (χ2v) is 7.96. The van der Waals surface area contributed by atoms with Gasteiger partial charge in [0.2, 0.25) is 5.91 Å². The van der Waals surface area contributed by atoms with E-state index in [1.165, 1.54) is 25.7 Å². The van der Waals surface area contributed by atoms with Crippen LogP contribution in [0.15, 0.2) is 0 Å². The predicted octanol–water partition coefficient (Wildman–Crippen LogP) is 3.21. The molecule has 21 heavy (non-hydrogen) atoms. The van der Waals surface area contributed by atoms with Gasteiger partial charge in [0.25, 0.3) is 0 Å². The van der Waals surface area contributed by atoms with Crippen molar-refractivity contribution in [3.63, 3.8) is 0 Å². The van der Waals surface area contributed by atoms with Crippen molar-refractivity contribution in [2.75, 3.05) is 0 Å². The van der Waals surface area contributed by atoms with E-state index in [2.05, 4.69) is 5.32 Å². The first-order valence-electron chi connectivity index (χ1n) is 8.32. The number of aliphatic carboxylic acids is 1. The molecule has 2 rings (SSSR count). The Balaban J connectivity index is 1.95. The lowest BCUT2D eigenvalue weighted by Gasteiger charge is -2.39. The quantitative estimate of drug-likeness (QED) is 0.840. The van der Waals surface area contributed by atoms with E-state index >= 15 is 0 Å². The second kappa shape index (κ2) is 6.37. The Kier molecular flexibility index (Phi) is 4.95. The minimum absolute atomic E-state index is 0.00792. The van der Waals surface area contributed by atoms with E-state index < -0.39 is 17.4 Å². The number of carbonyl (C=O) groups excluding carboxylic acids is 1. The molecule has 120 valence electrons. The standard InChI is InChI=1S/C17H29NO3/c1-17(2,3)14(16(20)21)18-15(19)13-9-8-11-6-4-5-7-12(11)10-13/h11-14H,4-10H2,1-3H3,(H,18,19)(H,20,21)/t11?,12?,13?,14-/m0/s1. The van der Waals surface area contributed by atoms with Gasteiger partial charge in [-0.2, -0.15) is 0 Å². The summed E-state index contributed by atoms with van der Waals surface area (Å²) in [6.45, 7) is 5.55. The highest BCUT2D eigenvalue weighted by molar-refractivity contribution is 5.85. The van der Waals surface area contributed by atoms with E-state index in [1.54, 1.807) is 0 Å². The van der Waals surface area contributed by atoms with Crippen LogP contribution in [-0.2, 0) is 9.59 Å². The fourth-order valence-electron chi connectivity index (χ4n) is 4.02. The summed E-state index contributed by atoms with van der Waals surface area (Å²) in [5.41, 5.74) is -0.469. The van der Waals surface area contributed by atoms with Gasteiger partial charge in [-0.25, -0.2) is 4.79 Å². The number of carboxylic acids is 1. The third-order valence-electron chi connectivity index (χ3n) is 5.31. The smallest absolute Gasteiger partial charge is 0.326 e. The van der Waals surface area contributed by atoms with Crippen LogP contribution in [0.3, 0.4) is 0 Å². The fourth-order valence-corrected chi connectivity index (χ4v) is 4.02. The molecule has 0 aromatic carbocycles. The van der Waals surface area contributed by atoms with Crippen molar-refractivity contribution >= 4 is 11.9 Å². The zero-order valence-electron chi connectivity index (χ0n) is 13.5. The van der Waals surface area contributed by atoms with E-state index in [0.717, 1.165) is 25.2 Å². The summed E-state index contributed by atoms with van der Waals surface area (Å²) >= 11 is 0. The fraction of sp³-hybridized carbons (Fsp3) is 0.882. The van der Waals surface area contributed by atoms with Crippen LogP contribution < -0.4 is 5.32 Å². The van der Waals surface area contributed by atoms with Crippen LogP contribution in [0.1, 0.15) is 65.7 Å². The molecule has 2 fully saturated rings. The maximum Gasteiger partial charge on any atom is 0.326 e. The molecule has 4 nitrogen and oxygen atoms in total. The highest BCUT2D eigenvalue weighted by Gasteiger charge is 2.38. The van der Waals surface area contributed by atoms with Gasteiger partial charge in [0.1, 0.15) is 6.04 Å². The molecular formula is C17H29NO3. The summed E-state index contributed by atoms with van der Waals surface area (Å²) in [5, 5.41) is 12.1. The van der Waals surface area contributed by atoms with E-state index in [0.29, 0.717) is 5.92 Å². The van der Waals surface area contributed by atoms with Crippen molar-refractivity contribution in [2.24, 2.45) is 23.2 Å². The maximum atomic E-state index is 12.5. The van der Waals surface area contributed by atoms with Gasteiger partial charge in [0.15, 0.2) is 0 Å². The second-order valence-electron chi connectivity index (χ2n) is 7.96. The lowest BCUT2D eigenvalue weighted by Crippen LogP contribution is -2.51. The molecule has 0 aromatic heterocycles. The summed E-state index contributed by atoms with van der Waals surface area (Å²) in [6, 6.07) is -0.811. The largest absolute Gasteiger partial charge is 0.480 e. The highest BCUT2D eigenvalue weighted by Crippen LogP contribution is 2.42. The van der Waals surface area contributed by atoms with Crippen LogP contribution in [-0.4, -0.2) is 23.0 Å².